The van der Waals surface area contributed by atoms with Gasteiger partial charge in [-0.1, -0.05) is 17.7 Å². The average Bonchev–Trinajstić information content (AvgIpc) is 2.48. The number of H-pyrrole nitrogens is 1. The van der Waals surface area contributed by atoms with Gasteiger partial charge in [0, 0.05) is 36.1 Å². The summed E-state index contributed by atoms with van der Waals surface area (Å²) in [6.45, 7) is 0.978. The fourth-order valence-electron chi connectivity index (χ4n) is 2.20. The van der Waals surface area contributed by atoms with Gasteiger partial charge in [-0.3, -0.25) is 9.59 Å². The van der Waals surface area contributed by atoms with Crippen molar-refractivity contribution >= 4 is 23.2 Å². The van der Waals surface area contributed by atoms with Gasteiger partial charge in [-0.2, -0.15) is 0 Å². The Balaban J connectivity index is 2.28. The Morgan fingerprint density at radius 2 is 2.04 bits per heavy atom. The summed E-state index contributed by atoms with van der Waals surface area (Å²) in [4.78, 5) is 27.7. The van der Waals surface area contributed by atoms with E-state index in [2.05, 4.69) is 10.3 Å². The minimum absolute atomic E-state index is 0.206. The van der Waals surface area contributed by atoms with Crippen molar-refractivity contribution in [1.29, 1.82) is 0 Å². The van der Waals surface area contributed by atoms with E-state index < -0.39 is 5.91 Å². The molecule has 122 valence electrons. The molecule has 1 aromatic heterocycles. The molecule has 0 aliphatic rings. The van der Waals surface area contributed by atoms with E-state index in [-0.39, 0.29) is 5.56 Å². The van der Waals surface area contributed by atoms with E-state index in [1.165, 1.54) is 6.20 Å². The average molecular weight is 335 g/mol. The molecule has 1 heterocycles. The van der Waals surface area contributed by atoms with Crippen LogP contribution in [0.4, 0.5) is 5.69 Å². The van der Waals surface area contributed by atoms with Gasteiger partial charge in [-0.15, -0.1) is 0 Å². The minimum Gasteiger partial charge on any atom is -0.380 e. The Bertz CT molecular complexity index is 771. The summed E-state index contributed by atoms with van der Waals surface area (Å²) in [7, 11) is 3.90. The van der Waals surface area contributed by atoms with Crippen LogP contribution in [0.2, 0.25) is 5.02 Å². The lowest BCUT2D eigenvalue weighted by Crippen LogP contribution is -2.18. The maximum atomic E-state index is 11.8. The summed E-state index contributed by atoms with van der Waals surface area (Å²) in [5, 5.41) is 3.64. The minimum atomic E-state index is -0.495. The highest BCUT2D eigenvalue weighted by molar-refractivity contribution is 6.30. The van der Waals surface area contributed by atoms with Gasteiger partial charge in [-0.05, 0) is 37.9 Å². The third kappa shape index (κ3) is 4.58. The Morgan fingerprint density at radius 3 is 2.70 bits per heavy atom. The van der Waals surface area contributed by atoms with E-state index in [4.69, 9.17) is 17.3 Å². The van der Waals surface area contributed by atoms with Crippen LogP contribution in [0.1, 0.15) is 21.5 Å². The molecular weight excluding hydrogens is 316 g/mol. The van der Waals surface area contributed by atoms with Gasteiger partial charge in [0.1, 0.15) is 0 Å². The molecule has 1 amide bonds. The lowest BCUT2D eigenvalue weighted by molar-refractivity contribution is 0.100. The zero-order valence-electron chi connectivity index (χ0n) is 13.0. The smallest absolute Gasteiger partial charge is 0.253 e. The normalized spacial score (nSPS) is 10.8. The molecule has 4 N–H and O–H groups in total. The second-order valence-electron chi connectivity index (χ2n) is 5.50. The molecule has 0 saturated heterocycles. The Kier molecular flexibility index (Phi) is 5.41. The van der Waals surface area contributed by atoms with Crippen LogP contribution < -0.4 is 16.6 Å². The number of carbonyl (C=O) groups excluding carboxylic acids is 1. The van der Waals surface area contributed by atoms with Crippen molar-refractivity contribution in [2.75, 3.05) is 19.4 Å². The highest BCUT2D eigenvalue weighted by Crippen LogP contribution is 2.20. The second kappa shape index (κ2) is 7.30. The van der Waals surface area contributed by atoms with Crippen molar-refractivity contribution in [3.63, 3.8) is 0 Å². The first-order valence-corrected chi connectivity index (χ1v) is 7.43. The van der Waals surface area contributed by atoms with Crippen molar-refractivity contribution in [3.05, 3.63) is 62.5 Å². The number of aromatic amines is 1. The van der Waals surface area contributed by atoms with Gasteiger partial charge < -0.3 is 20.9 Å². The van der Waals surface area contributed by atoms with Crippen LogP contribution in [0.3, 0.4) is 0 Å². The maximum absolute atomic E-state index is 11.8. The lowest BCUT2D eigenvalue weighted by Gasteiger charge is -2.16. The molecule has 0 aliphatic carbocycles. The summed E-state index contributed by atoms with van der Waals surface area (Å²) in [5.74, 6) is -0.495. The van der Waals surface area contributed by atoms with Crippen LogP contribution in [0.25, 0.3) is 0 Å². The Hall–Kier alpha value is -2.31. The largest absolute Gasteiger partial charge is 0.380 e. The van der Waals surface area contributed by atoms with E-state index in [0.29, 0.717) is 29.2 Å². The summed E-state index contributed by atoms with van der Waals surface area (Å²) in [5.41, 5.74) is 7.81. The summed E-state index contributed by atoms with van der Waals surface area (Å²) in [6.07, 6.45) is 1.44. The van der Waals surface area contributed by atoms with Crippen LogP contribution in [0.5, 0.6) is 0 Å². The first-order valence-electron chi connectivity index (χ1n) is 7.05. The number of nitrogens with two attached hydrogens (primary N) is 1. The van der Waals surface area contributed by atoms with Crippen LogP contribution in [0.15, 0.2) is 35.3 Å². The van der Waals surface area contributed by atoms with Gasteiger partial charge in [-0.25, -0.2) is 0 Å². The molecule has 2 aromatic rings. The number of nitrogens with one attached hydrogen (secondary N) is 2. The Morgan fingerprint density at radius 1 is 1.30 bits per heavy atom. The van der Waals surface area contributed by atoms with Crippen molar-refractivity contribution in [2.24, 2.45) is 5.73 Å². The van der Waals surface area contributed by atoms with Gasteiger partial charge in [0.2, 0.25) is 5.91 Å². The number of pyridine rings is 1. The van der Waals surface area contributed by atoms with Gasteiger partial charge in [0.25, 0.3) is 5.56 Å². The molecular formula is C16H19ClN4O2. The highest BCUT2D eigenvalue weighted by Gasteiger charge is 2.09. The standard InChI is InChI=1S/C16H19ClN4O2/c1-21(2)9-11-4-3-10(15(18)22)6-14(11)19-7-12-5-13(17)8-20-16(12)23/h3-6,8,19H,7,9H2,1-2H3,(H2,18,22)(H,20,23). The predicted molar refractivity (Wildman–Crippen MR) is 91.8 cm³/mol. The van der Waals surface area contributed by atoms with E-state index in [1.807, 2.05) is 25.1 Å². The number of halogens is 1. The first kappa shape index (κ1) is 17.1. The molecule has 0 atom stereocenters. The molecule has 0 bridgehead atoms. The topological polar surface area (TPSA) is 91.2 Å². The highest BCUT2D eigenvalue weighted by atomic mass is 35.5. The van der Waals surface area contributed by atoms with E-state index in [0.717, 1.165) is 11.3 Å². The summed E-state index contributed by atoms with van der Waals surface area (Å²) in [6, 6.07) is 6.85. The molecule has 0 fully saturated rings. The van der Waals surface area contributed by atoms with Crippen molar-refractivity contribution in [1.82, 2.24) is 9.88 Å². The zero-order valence-corrected chi connectivity index (χ0v) is 13.8. The van der Waals surface area contributed by atoms with Crippen LogP contribution in [-0.4, -0.2) is 29.9 Å². The van der Waals surface area contributed by atoms with E-state index >= 15 is 0 Å². The molecule has 0 unspecified atom stereocenters. The van der Waals surface area contributed by atoms with Crippen LogP contribution in [0, 0.1) is 0 Å². The molecule has 0 radical (unpaired) electrons. The molecule has 23 heavy (non-hydrogen) atoms. The number of anilines is 1. The number of benzene rings is 1. The molecule has 0 aliphatic heterocycles. The second-order valence-corrected chi connectivity index (χ2v) is 5.94. The maximum Gasteiger partial charge on any atom is 0.253 e. The van der Waals surface area contributed by atoms with Gasteiger partial charge in [0.05, 0.1) is 5.02 Å². The third-order valence-electron chi connectivity index (χ3n) is 3.30. The number of hydrogen-bond donors (Lipinski definition) is 3. The van der Waals surface area contributed by atoms with Gasteiger partial charge >= 0.3 is 0 Å². The van der Waals surface area contributed by atoms with E-state index in [1.54, 1.807) is 18.2 Å². The number of aromatic nitrogens is 1. The number of nitrogens with zero attached hydrogens (tertiary/aromatic N) is 1. The van der Waals surface area contributed by atoms with Crippen LogP contribution >= 0.6 is 11.6 Å². The lowest BCUT2D eigenvalue weighted by atomic mass is 10.1. The molecule has 7 heteroatoms. The molecule has 0 spiro atoms. The first-order chi connectivity index (χ1) is 10.9. The molecule has 2 rings (SSSR count). The number of carbonyl (C=O) groups is 1. The monoisotopic (exact) mass is 334 g/mol. The number of primary amides is 1. The molecule has 6 nitrogen and oxygen atoms in total. The SMILES string of the molecule is CN(C)Cc1ccc(C(N)=O)cc1NCc1cc(Cl)c[nH]c1=O. The number of hydrogen-bond acceptors (Lipinski definition) is 4. The summed E-state index contributed by atoms with van der Waals surface area (Å²) < 4.78 is 0. The quantitative estimate of drug-likeness (QED) is 0.751. The van der Waals surface area contributed by atoms with Crippen molar-refractivity contribution in [3.8, 4) is 0 Å². The number of rotatable bonds is 6. The molecule has 0 saturated carbocycles. The summed E-state index contributed by atoms with van der Waals surface area (Å²) >= 11 is 5.90. The van der Waals surface area contributed by atoms with E-state index in [9.17, 15) is 9.59 Å². The third-order valence-corrected chi connectivity index (χ3v) is 3.51. The Labute approximate surface area is 139 Å². The van der Waals surface area contributed by atoms with Crippen LogP contribution in [-0.2, 0) is 13.1 Å². The van der Waals surface area contributed by atoms with Gasteiger partial charge in [0.15, 0.2) is 0 Å². The number of amides is 1. The fraction of sp³-hybridized carbons (Fsp3) is 0.250. The predicted octanol–water partition coefficient (Wildman–Crippen LogP) is 1.80. The van der Waals surface area contributed by atoms with Crippen molar-refractivity contribution in [2.45, 2.75) is 13.1 Å². The van der Waals surface area contributed by atoms with Crippen molar-refractivity contribution < 1.29 is 4.79 Å². The zero-order chi connectivity index (χ0) is 17.0. The fourth-order valence-corrected chi connectivity index (χ4v) is 2.38. The molecule has 1 aromatic carbocycles.